The third kappa shape index (κ3) is 3.65. The summed E-state index contributed by atoms with van der Waals surface area (Å²) in [5.41, 5.74) is 3.58. The highest BCUT2D eigenvalue weighted by Gasteiger charge is 2.24. The largest absolute Gasteiger partial charge is 0.307 e. The Morgan fingerprint density at radius 1 is 1.36 bits per heavy atom. The lowest BCUT2D eigenvalue weighted by Crippen LogP contribution is -2.23. The average molecular weight is 390 g/mol. The molecule has 2 aromatic rings. The van der Waals surface area contributed by atoms with E-state index in [9.17, 15) is 9.59 Å². The number of rotatable bonds is 3. The lowest BCUT2D eigenvalue weighted by Gasteiger charge is -2.21. The number of anilines is 2. The van der Waals surface area contributed by atoms with Gasteiger partial charge in [-0.3, -0.25) is 14.5 Å². The van der Waals surface area contributed by atoms with E-state index in [-0.39, 0.29) is 11.8 Å². The van der Waals surface area contributed by atoms with Crippen LogP contribution >= 0.6 is 35.3 Å². The number of thioether (sulfide) groups is 1. The highest BCUT2D eigenvalue weighted by molar-refractivity contribution is 8.26. The standard InChI is InChI=1S/C17H15N3O2S3/c1-9-5-4-6-13(10(9)2)20(11(3)21)16-18-12(8-24-16)7-14-15(22)19-17(23)25-14/h4-8H,1-3H3,(H,19,22,23). The van der Waals surface area contributed by atoms with Gasteiger partial charge in [-0.25, -0.2) is 4.98 Å². The van der Waals surface area contributed by atoms with Crippen LogP contribution in [0.4, 0.5) is 10.8 Å². The molecule has 1 aromatic heterocycles. The third-order valence-corrected chi connectivity index (χ3v) is 5.76. The molecule has 0 bridgehead atoms. The van der Waals surface area contributed by atoms with Crippen LogP contribution in [0.25, 0.3) is 6.08 Å². The number of hydrogen-bond donors (Lipinski definition) is 1. The van der Waals surface area contributed by atoms with Gasteiger partial charge in [-0.1, -0.05) is 36.1 Å². The molecular weight excluding hydrogens is 374 g/mol. The number of aromatic nitrogens is 1. The van der Waals surface area contributed by atoms with Crippen LogP contribution in [0.15, 0.2) is 28.5 Å². The van der Waals surface area contributed by atoms with Crippen LogP contribution in [-0.2, 0) is 9.59 Å². The van der Waals surface area contributed by atoms with Crippen molar-refractivity contribution in [2.75, 3.05) is 4.90 Å². The Bertz CT molecular complexity index is 918. The van der Waals surface area contributed by atoms with Gasteiger partial charge >= 0.3 is 0 Å². The fourth-order valence-corrected chi connectivity index (χ4v) is 4.25. The number of carbonyl (C=O) groups is 2. The molecule has 0 atom stereocenters. The Balaban J connectivity index is 1.97. The van der Waals surface area contributed by atoms with Crippen LogP contribution in [0.2, 0.25) is 0 Å². The quantitative estimate of drug-likeness (QED) is 0.636. The molecule has 1 aliphatic rings. The number of carbonyl (C=O) groups excluding carboxylic acids is 2. The minimum absolute atomic E-state index is 0.114. The second kappa shape index (κ2) is 7.07. The van der Waals surface area contributed by atoms with Gasteiger partial charge in [-0.05, 0) is 37.1 Å². The first-order valence-corrected chi connectivity index (χ1v) is 9.54. The lowest BCUT2D eigenvalue weighted by atomic mass is 10.1. The van der Waals surface area contributed by atoms with Crippen molar-refractivity contribution in [2.24, 2.45) is 0 Å². The fraction of sp³-hybridized carbons (Fsp3) is 0.176. The van der Waals surface area contributed by atoms with Crippen molar-refractivity contribution in [3.8, 4) is 0 Å². The highest BCUT2D eigenvalue weighted by atomic mass is 32.2. The molecule has 0 spiro atoms. The summed E-state index contributed by atoms with van der Waals surface area (Å²) in [4.78, 5) is 30.6. The molecule has 5 nitrogen and oxygen atoms in total. The van der Waals surface area contributed by atoms with Gasteiger partial charge in [0.15, 0.2) is 5.13 Å². The van der Waals surface area contributed by atoms with Crippen LogP contribution in [0.5, 0.6) is 0 Å². The molecule has 1 saturated heterocycles. The van der Waals surface area contributed by atoms with E-state index >= 15 is 0 Å². The predicted molar refractivity (Wildman–Crippen MR) is 107 cm³/mol. The maximum Gasteiger partial charge on any atom is 0.263 e. The van der Waals surface area contributed by atoms with Gasteiger partial charge < -0.3 is 5.32 Å². The fourth-order valence-electron chi connectivity index (χ4n) is 2.39. The molecule has 1 fully saturated rings. The maximum atomic E-state index is 12.2. The number of nitrogens with one attached hydrogen (secondary N) is 1. The monoisotopic (exact) mass is 389 g/mol. The van der Waals surface area contributed by atoms with Gasteiger partial charge in [-0.15, -0.1) is 11.3 Å². The van der Waals surface area contributed by atoms with E-state index in [1.54, 1.807) is 11.0 Å². The van der Waals surface area contributed by atoms with Crippen LogP contribution in [0.1, 0.15) is 23.7 Å². The van der Waals surface area contributed by atoms with E-state index < -0.39 is 0 Å². The van der Waals surface area contributed by atoms with Crippen molar-refractivity contribution >= 4 is 68.3 Å². The summed E-state index contributed by atoms with van der Waals surface area (Å²) in [6, 6.07) is 5.83. The van der Waals surface area contributed by atoms with Gasteiger partial charge in [0.05, 0.1) is 16.3 Å². The molecular formula is C17H15N3O2S3. The van der Waals surface area contributed by atoms with Gasteiger partial charge in [0, 0.05) is 12.3 Å². The van der Waals surface area contributed by atoms with Crippen LogP contribution in [-0.4, -0.2) is 21.1 Å². The Kier molecular flexibility index (Phi) is 5.03. The van der Waals surface area contributed by atoms with Gasteiger partial charge in [0.2, 0.25) is 5.91 Å². The number of benzene rings is 1. The van der Waals surface area contributed by atoms with E-state index in [1.807, 2.05) is 37.4 Å². The van der Waals surface area contributed by atoms with Gasteiger partial charge in [0.25, 0.3) is 5.91 Å². The SMILES string of the molecule is CC(=O)N(c1nc(C=C2SC(=S)NC2=O)cs1)c1cccc(C)c1C. The minimum Gasteiger partial charge on any atom is -0.307 e. The Morgan fingerprint density at radius 3 is 2.76 bits per heavy atom. The predicted octanol–water partition coefficient (Wildman–Crippen LogP) is 3.93. The van der Waals surface area contributed by atoms with Crippen LogP contribution in [0.3, 0.4) is 0 Å². The van der Waals surface area contributed by atoms with Crippen molar-refractivity contribution in [2.45, 2.75) is 20.8 Å². The first kappa shape index (κ1) is 17.8. The molecule has 0 saturated carbocycles. The zero-order valence-electron chi connectivity index (χ0n) is 13.8. The van der Waals surface area contributed by atoms with Crippen LogP contribution < -0.4 is 10.2 Å². The second-order valence-corrected chi connectivity index (χ2v) is 8.04. The van der Waals surface area contributed by atoms with Crippen molar-refractivity contribution < 1.29 is 9.59 Å². The normalized spacial score (nSPS) is 15.6. The molecule has 0 unspecified atom stereocenters. The zero-order valence-corrected chi connectivity index (χ0v) is 16.3. The maximum absolute atomic E-state index is 12.2. The molecule has 0 radical (unpaired) electrons. The first-order chi connectivity index (χ1) is 11.9. The summed E-state index contributed by atoms with van der Waals surface area (Å²) >= 11 is 7.55. The van der Waals surface area contributed by atoms with Crippen molar-refractivity contribution in [3.05, 3.63) is 45.3 Å². The number of amides is 2. The van der Waals surface area contributed by atoms with E-state index in [0.717, 1.165) is 16.8 Å². The molecule has 2 amide bonds. The third-order valence-electron chi connectivity index (χ3n) is 3.75. The zero-order chi connectivity index (χ0) is 18.1. The Labute approximate surface area is 159 Å². The number of thiazole rings is 1. The van der Waals surface area contributed by atoms with Crippen LogP contribution in [0, 0.1) is 13.8 Å². The van der Waals surface area contributed by atoms with E-state index in [0.29, 0.717) is 20.1 Å². The number of aryl methyl sites for hydroxylation is 1. The summed E-state index contributed by atoms with van der Waals surface area (Å²) in [6.07, 6.45) is 1.68. The summed E-state index contributed by atoms with van der Waals surface area (Å²) in [6.45, 7) is 5.51. The lowest BCUT2D eigenvalue weighted by molar-refractivity contribution is -0.116. The highest BCUT2D eigenvalue weighted by Crippen LogP contribution is 2.33. The van der Waals surface area contributed by atoms with E-state index in [4.69, 9.17) is 12.2 Å². The molecule has 3 rings (SSSR count). The number of thiocarbonyl (C=S) groups is 1. The van der Waals surface area contributed by atoms with Crippen molar-refractivity contribution in [3.63, 3.8) is 0 Å². The minimum atomic E-state index is -0.220. The van der Waals surface area contributed by atoms with Crippen molar-refractivity contribution in [1.82, 2.24) is 10.3 Å². The van der Waals surface area contributed by atoms with E-state index in [2.05, 4.69) is 10.3 Å². The van der Waals surface area contributed by atoms with E-state index in [1.165, 1.54) is 30.0 Å². The second-order valence-electron chi connectivity index (χ2n) is 5.48. The molecule has 1 N–H and O–H groups in total. The van der Waals surface area contributed by atoms with Crippen molar-refractivity contribution in [1.29, 1.82) is 0 Å². The topological polar surface area (TPSA) is 62.3 Å². The smallest absolute Gasteiger partial charge is 0.263 e. The summed E-state index contributed by atoms with van der Waals surface area (Å²) in [5.74, 6) is -0.334. The molecule has 1 aliphatic heterocycles. The summed E-state index contributed by atoms with van der Waals surface area (Å²) < 4.78 is 0.437. The van der Waals surface area contributed by atoms with Gasteiger partial charge in [0.1, 0.15) is 4.32 Å². The molecule has 2 heterocycles. The number of hydrogen-bond acceptors (Lipinski definition) is 6. The molecule has 0 aliphatic carbocycles. The summed E-state index contributed by atoms with van der Waals surface area (Å²) in [5, 5.41) is 4.96. The summed E-state index contributed by atoms with van der Waals surface area (Å²) in [7, 11) is 0. The Hall–Kier alpha value is -2.03. The van der Waals surface area contributed by atoms with Gasteiger partial charge in [-0.2, -0.15) is 0 Å². The molecule has 1 aromatic carbocycles. The molecule has 128 valence electrons. The average Bonchev–Trinajstić information content (AvgIpc) is 3.11. The number of nitrogens with zero attached hydrogens (tertiary/aromatic N) is 2. The molecule has 25 heavy (non-hydrogen) atoms. The molecule has 8 heteroatoms. The first-order valence-electron chi connectivity index (χ1n) is 7.44. The Morgan fingerprint density at radius 2 is 2.12 bits per heavy atom.